The third-order valence-electron chi connectivity index (χ3n) is 3.21. The first-order valence-corrected chi connectivity index (χ1v) is 8.07. The molecule has 0 spiro atoms. The van der Waals surface area contributed by atoms with Crippen LogP contribution in [0.3, 0.4) is 0 Å². The number of benzene rings is 1. The third kappa shape index (κ3) is 4.34. The minimum Gasteiger partial charge on any atom is -0.364 e. The van der Waals surface area contributed by atoms with Crippen molar-refractivity contribution in [3.63, 3.8) is 0 Å². The molecule has 5 nitrogen and oxygen atoms in total. The second kappa shape index (κ2) is 7.47. The van der Waals surface area contributed by atoms with Gasteiger partial charge in [0.2, 0.25) is 0 Å². The molecule has 1 aromatic carbocycles. The highest BCUT2D eigenvalue weighted by Gasteiger charge is 2.05. The zero-order valence-electron chi connectivity index (χ0n) is 12.9. The molecule has 122 valence electrons. The molecule has 0 aliphatic carbocycles. The van der Waals surface area contributed by atoms with Crippen LogP contribution in [0, 0.1) is 6.92 Å². The van der Waals surface area contributed by atoms with E-state index in [0.717, 1.165) is 17.2 Å². The maximum absolute atomic E-state index is 6.04. The van der Waals surface area contributed by atoms with Crippen LogP contribution in [0.4, 0.5) is 17.3 Å². The van der Waals surface area contributed by atoms with Crippen molar-refractivity contribution in [2.24, 2.45) is 0 Å². The summed E-state index contributed by atoms with van der Waals surface area (Å²) in [6.07, 6.45) is 1.76. The first kappa shape index (κ1) is 16.5. The van der Waals surface area contributed by atoms with Gasteiger partial charge in [0, 0.05) is 18.0 Å². The van der Waals surface area contributed by atoms with Crippen molar-refractivity contribution in [2.45, 2.75) is 13.5 Å². The van der Waals surface area contributed by atoms with Gasteiger partial charge in [-0.2, -0.15) is 0 Å². The van der Waals surface area contributed by atoms with Gasteiger partial charge in [-0.05, 0) is 37.3 Å². The molecule has 3 aromatic rings. The molecule has 7 heteroatoms. The van der Waals surface area contributed by atoms with Crippen LogP contribution in [0.5, 0.6) is 0 Å². The lowest BCUT2D eigenvalue weighted by Gasteiger charge is -2.10. The van der Waals surface area contributed by atoms with Crippen molar-refractivity contribution in [2.75, 3.05) is 10.6 Å². The van der Waals surface area contributed by atoms with E-state index in [4.69, 9.17) is 23.2 Å². The lowest BCUT2D eigenvalue weighted by atomic mass is 10.3. The normalized spacial score (nSPS) is 10.5. The monoisotopic (exact) mass is 359 g/mol. The Kier molecular flexibility index (Phi) is 5.13. The molecule has 24 heavy (non-hydrogen) atoms. The van der Waals surface area contributed by atoms with E-state index in [1.807, 2.05) is 37.3 Å². The summed E-state index contributed by atoms with van der Waals surface area (Å²) in [6, 6.07) is 13.0. The molecule has 0 aliphatic rings. The Labute approximate surface area is 150 Å². The van der Waals surface area contributed by atoms with Crippen molar-refractivity contribution in [1.29, 1.82) is 0 Å². The van der Waals surface area contributed by atoms with Crippen LogP contribution < -0.4 is 10.6 Å². The summed E-state index contributed by atoms with van der Waals surface area (Å²) in [5.74, 6) is 2.05. The van der Waals surface area contributed by atoms with Crippen LogP contribution in [0.15, 0.2) is 48.7 Å². The maximum atomic E-state index is 6.04. The van der Waals surface area contributed by atoms with Crippen molar-refractivity contribution in [1.82, 2.24) is 15.0 Å². The van der Waals surface area contributed by atoms with E-state index in [2.05, 4.69) is 25.6 Å². The predicted octanol–water partition coefficient (Wildman–Crippen LogP) is 4.84. The molecule has 0 atom stereocenters. The fourth-order valence-corrected chi connectivity index (χ4v) is 2.43. The molecular formula is C17H15Cl2N5. The SMILES string of the molecule is Cc1nc(NCc2ccccn2)cc(Nc2ccc(Cl)c(Cl)c2)n1. The topological polar surface area (TPSA) is 62.7 Å². The lowest BCUT2D eigenvalue weighted by Crippen LogP contribution is -2.06. The van der Waals surface area contributed by atoms with E-state index in [1.54, 1.807) is 18.3 Å². The molecule has 0 aliphatic heterocycles. The van der Waals surface area contributed by atoms with Gasteiger partial charge in [0.05, 0.1) is 22.3 Å². The number of nitrogens with zero attached hydrogens (tertiary/aromatic N) is 3. The molecule has 0 saturated heterocycles. The van der Waals surface area contributed by atoms with Gasteiger partial charge >= 0.3 is 0 Å². The minimum absolute atomic E-state index is 0.487. The van der Waals surface area contributed by atoms with Crippen LogP contribution in [-0.2, 0) is 6.54 Å². The van der Waals surface area contributed by atoms with Gasteiger partial charge in [-0.15, -0.1) is 0 Å². The molecule has 2 N–H and O–H groups in total. The molecule has 0 saturated carbocycles. The molecule has 0 amide bonds. The second-order valence-electron chi connectivity index (χ2n) is 5.11. The van der Waals surface area contributed by atoms with Crippen LogP contribution >= 0.6 is 23.2 Å². The minimum atomic E-state index is 0.487. The summed E-state index contributed by atoms with van der Waals surface area (Å²) < 4.78 is 0. The number of anilines is 3. The largest absolute Gasteiger partial charge is 0.364 e. The van der Waals surface area contributed by atoms with Gasteiger partial charge in [0.1, 0.15) is 17.5 Å². The Hall–Kier alpha value is -2.37. The first-order chi connectivity index (χ1) is 11.6. The maximum Gasteiger partial charge on any atom is 0.136 e. The Balaban J connectivity index is 1.74. The van der Waals surface area contributed by atoms with Crippen molar-refractivity contribution in [3.8, 4) is 0 Å². The van der Waals surface area contributed by atoms with Gasteiger partial charge in [-0.25, -0.2) is 9.97 Å². The van der Waals surface area contributed by atoms with Crippen molar-refractivity contribution in [3.05, 3.63) is 70.2 Å². The average Bonchev–Trinajstić information content (AvgIpc) is 2.57. The third-order valence-corrected chi connectivity index (χ3v) is 3.95. The highest BCUT2D eigenvalue weighted by molar-refractivity contribution is 6.42. The summed E-state index contributed by atoms with van der Waals surface area (Å²) in [7, 11) is 0. The molecule has 2 heterocycles. The van der Waals surface area contributed by atoms with Crippen LogP contribution in [-0.4, -0.2) is 15.0 Å². The average molecular weight is 360 g/mol. The number of aromatic nitrogens is 3. The van der Waals surface area contributed by atoms with E-state index in [9.17, 15) is 0 Å². The van der Waals surface area contributed by atoms with E-state index >= 15 is 0 Å². The molecule has 2 aromatic heterocycles. The van der Waals surface area contributed by atoms with Crippen molar-refractivity contribution >= 4 is 40.5 Å². The van der Waals surface area contributed by atoms with Crippen molar-refractivity contribution < 1.29 is 0 Å². The molecular weight excluding hydrogens is 345 g/mol. The number of rotatable bonds is 5. The first-order valence-electron chi connectivity index (χ1n) is 7.32. The van der Waals surface area contributed by atoms with E-state index < -0.39 is 0 Å². The Morgan fingerprint density at radius 1 is 0.958 bits per heavy atom. The van der Waals surface area contributed by atoms with E-state index in [-0.39, 0.29) is 0 Å². The molecule has 0 radical (unpaired) electrons. The number of aryl methyl sites for hydroxylation is 1. The Bertz CT molecular complexity index is 840. The number of pyridine rings is 1. The summed E-state index contributed by atoms with van der Waals surface area (Å²) >= 11 is 12.0. The quantitative estimate of drug-likeness (QED) is 0.682. The Morgan fingerprint density at radius 2 is 1.79 bits per heavy atom. The number of hydrogen-bond acceptors (Lipinski definition) is 5. The summed E-state index contributed by atoms with van der Waals surface area (Å²) in [6.45, 7) is 2.43. The molecule has 3 rings (SSSR count). The smallest absolute Gasteiger partial charge is 0.136 e. The molecule has 0 unspecified atom stereocenters. The molecule has 0 bridgehead atoms. The second-order valence-corrected chi connectivity index (χ2v) is 5.93. The highest BCUT2D eigenvalue weighted by atomic mass is 35.5. The van der Waals surface area contributed by atoms with Gasteiger partial charge in [0.15, 0.2) is 0 Å². The van der Waals surface area contributed by atoms with E-state index in [1.165, 1.54) is 0 Å². The number of nitrogens with one attached hydrogen (secondary N) is 2. The van der Waals surface area contributed by atoms with Crippen LogP contribution in [0.2, 0.25) is 10.0 Å². The fraction of sp³-hybridized carbons (Fsp3) is 0.118. The Morgan fingerprint density at radius 3 is 2.54 bits per heavy atom. The summed E-state index contributed by atoms with van der Waals surface area (Å²) in [5, 5.41) is 7.45. The van der Waals surface area contributed by atoms with Gasteiger partial charge < -0.3 is 10.6 Å². The predicted molar refractivity (Wildman–Crippen MR) is 98.1 cm³/mol. The lowest BCUT2D eigenvalue weighted by molar-refractivity contribution is 0.996. The summed E-state index contributed by atoms with van der Waals surface area (Å²) in [5.41, 5.74) is 1.74. The van der Waals surface area contributed by atoms with Crippen LogP contribution in [0.1, 0.15) is 11.5 Å². The van der Waals surface area contributed by atoms with Crippen LogP contribution in [0.25, 0.3) is 0 Å². The number of hydrogen-bond donors (Lipinski definition) is 2. The van der Waals surface area contributed by atoms with Gasteiger partial charge in [-0.3, -0.25) is 4.98 Å². The fourth-order valence-electron chi connectivity index (χ4n) is 2.13. The zero-order valence-corrected chi connectivity index (χ0v) is 14.4. The number of halogens is 2. The zero-order chi connectivity index (χ0) is 16.9. The van der Waals surface area contributed by atoms with E-state index in [0.29, 0.717) is 28.2 Å². The summed E-state index contributed by atoms with van der Waals surface area (Å²) in [4.78, 5) is 13.0. The van der Waals surface area contributed by atoms with Gasteiger partial charge in [-0.1, -0.05) is 29.3 Å². The standard InChI is InChI=1S/C17H15Cl2N5/c1-11-22-16(21-10-13-4-2-3-7-20-13)9-17(23-11)24-12-5-6-14(18)15(19)8-12/h2-9H,10H2,1H3,(H2,21,22,23,24). The van der Waals surface area contributed by atoms with Gasteiger partial charge in [0.25, 0.3) is 0 Å². The molecule has 0 fully saturated rings. The highest BCUT2D eigenvalue weighted by Crippen LogP contribution is 2.27.